The Hall–Kier alpha value is -0.120. The van der Waals surface area contributed by atoms with Crippen LogP contribution in [0.25, 0.3) is 0 Å². The Labute approximate surface area is 118 Å². The van der Waals surface area contributed by atoms with Crippen molar-refractivity contribution >= 4 is 0 Å². The Morgan fingerprint density at radius 3 is 2.84 bits per heavy atom. The predicted octanol–water partition coefficient (Wildman–Crippen LogP) is 3.13. The van der Waals surface area contributed by atoms with Crippen LogP contribution in [0.1, 0.15) is 58.8 Å². The average molecular weight is 269 g/mol. The quantitative estimate of drug-likeness (QED) is 0.803. The molecule has 2 fully saturated rings. The summed E-state index contributed by atoms with van der Waals surface area (Å²) in [6.07, 6.45) is 9.43. The molecule has 1 saturated carbocycles. The zero-order valence-electron chi connectivity index (χ0n) is 12.7. The first-order valence-electron chi connectivity index (χ1n) is 8.26. The Kier molecular flexibility index (Phi) is 6.62. The highest BCUT2D eigenvalue weighted by atomic mass is 16.5. The van der Waals surface area contributed by atoms with Crippen LogP contribution in [0.3, 0.4) is 0 Å². The SMILES string of the molecule is CCCNC1CCC(C)CC1OCC1CCCCO1. The normalized spacial score (nSPS) is 36.3. The van der Waals surface area contributed by atoms with Crippen LogP contribution in [-0.2, 0) is 9.47 Å². The molecule has 1 aliphatic carbocycles. The standard InChI is InChI=1S/C16H31NO2/c1-3-9-17-15-8-7-13(2)11-16(15)19-12-14-6-4-5-10-18-14/h13-17H,3-12H2,1-2H3. The summed E-state index contributed by atoms with van der Waals surface area (Å²) < 4.78 is 12.0. The molecule has 0 aromatic heterocycles. The third kappa shape index (κ3) is 5.05. The molecule has 3 nitrogen and oxygen atoms in total. The molecule has 0 bridgehead atoms. The number of nitrogens with one attached hydrogen (secondary N) is 1. The molecule has 0 radical (unpaired) electrons. The Bertz CT molecular complexity index is 239. The molecule has 4 unspecified atom stereocenters. The molecule has 2 aliphatic rings. The van der Waals surface area contributed by atoms with Gasteiger partial charge >= 0.3 is 0 Å². The second-order valence-electron chi connectivity index (χ2n) is 6.34. The smallest absolute Gasteiger partial charge is 0.0808 e. The first-order valence-corrected chi connectivity index (χ1v) is 8.26. The Morgan fingerprint density at radius 2 is 2.11 bits per heavy atom. The van der Waals surface area contributed by atoms with Crippen molar-refractivity contribution in [3.05, 3.63) is 0 Å². The molecule has 112 valence electrons. The van der Waals surface area contributed by atoms with Gasteiger partial charge in [0.1, 0.15) is 0 Å². The van der Waals surface area contributed by atoms with Crippen molar-refractivity contribution in [3.8, 4) is 0 Å². The van der Waals surface area contributed by atoms with Crippen LogP contribution < -0.4 is 5.32 Å². The molecule has 1 N–H and O–H groups in total. The summed E-state index contributed by atoms with van der Waals surface area (Å²) in [6, 6.07) is 0.555. The second-order valence-corrected chi connectivity index (χ2v) is 6.34. The van der Waals surface area contributed by atoms with Crippen molar-refractivity contribution in [2.45, 2.75) is 77.0 Å². The van der Waals surface area contributed by atoms with Crippen LogP contribution in [0, 0.1) is 5.92 Å². The van der Waals surface area contributed by atoms with Gasteiger partial charge in [-0.15, -0.1) is 0 Å². The molecule has 19 heavy (non-hydrogen) atoms. The van der Waals surface area contributed by atoms with Crippen LogP contribution in [-0.4, -0.2) is 38.0 Å². The van der Waals surface area contributed by atoms with Crippen molar-refractivity contribution in [3.63, 3.8) is 0 Å². The third-order valence-electron chi connectivity index (χ3n) is 4.48. The molecule has 0 aromatic rings. The van der Waals surface area contributed by atoms with Crippen molar-refractivity contribution in [2.75, 3.05) is 19.8 Å². The van der Waals surface area contributed by atoms with Crippen LogP contribution >= 0.6 is 0 Å². The fourth-order valence-electron chi connectivity index (χ4n) is 3.25. The summed E-state index contributed by atoms with van der Waals surface area (Å²) in [5.41, 5.74) is 0. The average Bonchev–Trinajstić information content (AvgIpc) is 2.45. The van der Waals surface area contributed by atoms with E-state index >= 15 is 0 Å². The zero-order chi connectivity index (χ0) is 13.5. The van der Waals surface area contributed by atoms with Crippen molar-refractivity contribution < 1.29 is 9.47 Å². The lowest BCUT2D eigenvalue weighted by Crippen LogP contribution is -2.46. The molecule has 0 aromatic carbocycles. The summed E-state index contributed by atoms with van der Waals surface area (Å²) in [5, 5.41) is 3.66. The van der Waals surface area contributed by atoms with Crippen molar-refractivity contribution in [1.82, 2.24) is 5.32 Å². The fourth-order valence-corrected chi connectivity index (χ4v) is 3.25. The molecule has 1 saturated heterocycles. The highest BCUT2D eigenvalue weighted by molar-refractivity contribution is 4.84. The maximum absolute atomic E-state index is 6.22. The molecule has 4 atom stereocenters. The topological polar surface area (TPSA) is 30.5 Å². The number of hydrogen-bond donors (Lipinski definition) is 1. The van der Waals surface area contributed by atoms with Gasteiger partial charge in [0.25, 0.3) is 0 Å². The van der Waals surface area contributed by atoms with E-state index in [2.05, 4.69) is 19.2 Å². The maximum Gasteiger partial charge on any atom is 0.0808 e. The van der Waals surface area contributed by atoms with Gasteiger partial charge in [-0.2, -0.15) is 0 Å². The van der Waals surface area contributed by atoms with Gasteiger partial charge in [0.2, 0.25) is 0 Å². The molecule has 1 heterocycles. The minimum absolute atomic E-state index is 0.345. The largest absolute Gasteiger partial charge is 0.376 e. The first-order chi connectivity index (χ1) is 9.29. The van der Waals surface area contributed by atoms with E-state index in [0.29, 0.717) is 18.2 Å². The second kappa shape index (κ2) is 8.23. The highest BCUT2D eigenvalue weighted by Gasteiger charge is 2.29. The van der Waals surface area contributed by atoms with Gasteiger partial charge in [-0.25, -0.2) is 0 Å². The maximum atomic E-state index is 6.22. The van der Waals surface area contributed by atoms with Crippen molar-refractivity contribution in [2.24, 2.45) is 5.92 Å². The molecule has 2 rings (SSSR count). The van der Waals surface area contributed by atoms with E-state index in [9.17, 15) is 0 Å². The van der Waals surface area contributed by atoms with E-state index < -0.39 is 0 Å². The Morgan fingerprint density at radius 1 is 1.21 bits per heavy atom. The van der Waals surface area contributed by atoms with Gasteiger partial charge < -0.3 is 14.8 Å². The number of hydrogen-bond acceptors (Lipinski definition) is 3. The lowest BCUT2D eigenvalue weighted by Gasteiger charge is -2.36. The van der Waals surface area contributed by atoms with E-state index in [1.54, 1.807) is 0 Å². The van der Waals surface area contributed by atoms with Crippen LogP contribution in [0.2, 0.25) is 0 Å². The molecule has 1 aliphatic heterocycles. The van der Waals surface area contributed by atoms with E-state index in [1.807, 2.05) is 0 Å². The Balaban J connectivity index is 1.75. The number of rotatable bonds is 6. The minimum Gasteiger partial charge on any atom is -0.376 e. The summed E-state index contributed by atoms with van der Waals surface area (Å²) in [5.74, 6) is 0.803. The summed E-state index contributed by atoms with van der Waals surface area (Å²) in [6.45, 7) is 7.40. The number of ether oxygens (including phenoxy) is 2. The molecular formula is C16H31NO2. The predicted molar refractivity (Wildman–Crippen MR) is 78.4 cm³/mol. The molecule has 0 amide bonds. The molecule has 0 spiro atoms. The van der Waals surface area contributed by atoms with Crippen molar-refractivity contribution in [1.29, 1.82) is 0 Å². The lowest BCUT2D eigenvalue weighted by molar-refractivity contribution is -0.0822. The molecule has 3 heteroatoms. The van der Waals surface area contributed by atoms with E-state index in [4.69, 9.17) is 9.47 Å². The van der Waals surface area contributed by atoms with Crippen LogP contribution in [0.5, 0.6) is 0 Å². The third-order valence-corrected chi connectivity index (χ3v) is 4.48. The van der Waals surface area contributed by atoms with E-state index in [0.717, 1.165) is 25.7 Å². The van der Waals surface area contributed by atoms with Gasteiger partial charge in [0, 0.05) is 12.6 Å². The summed E-state index contributed by atoms with van der Waals surface area (Å²) in [7, 11) is 0. The van der Waals surface area contributed by atoms with Gasteiger partial charge in [-0.05, 0) is 57.4 Å². The monoisotopic (exact) mass is 269 g/mol. The van der Waals surface area contributed by atoms with Gasteiger partial charge in [-0.3, -0.25) is 0 Å². The van der Waals surface area contributed by atoms with Gasteiger partial charge in [0.05, 0.1) is 18.8 Å². The van der Waals surface area contributed by atoms with Gasteiger partial charge in [0.15, 0.2) is 0 Å². The summed E-state index contributed by atoms with van der Waals surface area (Å²) >= 11 is 0. The first kappa shape index (κ1) is 15.3. The molecular weight excluding hydrogens is 238 g/mol. The van der Waals surface area contributed by atoms with E-state index in [1.165, 1.54) is 44.9 Å². The van der Waals surface area contributed by atoms with E-state index in [-0.39, 0.29) is 0 Å². The van der Waals surface area contributed by atoms with Gasteiger partial charge in [-0.1, -0.05) is 13.8 Å². The zero-order valence-corrected chi connectivity index (χ0v) is 12.7. The fraction of sp³-hybridized carbons (Fsp3) is 1.00. The van der Waals surface area contributed by atoms with Crippen LogP contribution in [0.4, 0.5) is 0 Å². The lowest BCUT2D eigenvalue weighted by atomic mass is 9.85. The minimum atomic E-state index is 0.345. The summed E-state index contributed by atoms with van der Waals surface area (Å²) in [4.78, 5) is 0. The highest BCUT2D eigenvalue weighted by Crippen LogP contribution is 2.27. The van der Waals surface area contributed by atoms with Crippen LogP contribution in [0.15, 0.2) is 0 Å².